The number of hydrogen-bond donors (Lipinski definition) is 1. The van der Waals surface area contributed by atoms with Crippen molar-refractivity contribution in [1.29, 1.82) is 5.26 Å². The minimum absolute atomic E-state index is 0.00147. The Morgan fingerprint density at radius 3 is 2.75 bits per heavy atom. The second kappa shape index (κ2) is 8.88. The van der Waals surface area contributed by atoms with Crippen LogP contribution in [-0.2, 0) is 15.0 Å². The highest BCUT2D eigenvalue weighted by molar-refractivity contribution is 5.76. The van der Waals surface area contributed by atoms with Gasteiger partial charge in [0.15, 0.2) is 11.5 Å². The second-order valence-corrected chi connectivity index (χ2v) is 6.95. The van der Waals surface area contributed by atoms with Crippen molar-refractivity contribution >= 4 is 17.9 Å². The molecule has 1 aliphatic heterocycles. The summed E-state index contributed by atoms with van der Waals surface area (Å²) in [7, 11) is 0. The molecule has 0 fully saturated rings. The van der Waals surface area contributed by atoms with Crippen molar-refractivity contribution in [3.05, 3.63) is 58.9 Å². The number of aromatic nitrogens is 2. The minimum atomic E-state index is -4.62. The van der Waals surface area contributed by atoms with E-state index in [4.69, 9.17) is 20.5 Å². The van der Waals surface area contributed by atoms with Crippen molar-refractivity contribution < 1.29 is 31.4 Å². The van der Waals surface area contributed by atoms with E-state index in [1.165, 1.54) is 19.1 Å². The van der Waals surface area contributed by atoms with Crippen LogP contribution in [0.2, 0.25) is 0 Å². The molecular formula is C20H16F5N5O2. The molecule has 0 unspecified atom stereocenters. The van der Waals surface area contributed by atoms with Crippen molar-refractivity contribution in [3.63, 3.8) is 0 Å². The summed E-state index contributed by atoms with van der Waals surface area (Å²) in [5, 5.41) is 8.73. The molecule has 1 aliphatic rings. The highest BCUT2D eigenvalue weighted by Crippen LogP contribution is 2.37. The molecule has 0 aliphatic carbocycles. The number of rotatable bonds is 5. The first kappa shape index (κ1) is 23.1. The molecule has 0 saturated heterocycles. The van der Waals surface area contributed by atoms with Crippen LogP contribution in [0, 0.1) is 17.1 Å². The maximum absolute atomic E-state index is 14.7. The molecule has 1 aromatic carbocycles. The van der Waals surface area contributed by atoms with Gasteiger partial charge in [0.2, 0.25) is 0 Å². The zero-order chi connectivity index (χ0) is 23.5. The van der Waals surface area contributed by atoms with Crippen molar-refractivity contribution in [2.75, 3.05) is 13.2 Å². The van der Waals surface area contributed by atoms with Crippen molar-refractivity contribution in [3.8, 4) is 6.07 Å². The van der Waals surface area contributed by atoms with Gasteiger partial charge in [0, 0.05) is 5.56 Å². The molecule has 12 heteroatoms. The fraction of sp³-hybridized carbons (Fsp3) is 0.300. The molecule has 1 aromatic heterocycles. The monoisotopic (exact) mass is 453 g/mol. The summed E-state index contributed by atoms with van der Waals surface area (Å²) < 4.78 is 77.2. The van der Waals surface area contributed by atoms with Crippen LogP contribution in [0.15, 0.2) is 35.6 Å². The number of alkyl halides is 3. The Morgan fingerprint density at radius 1 is 1.38 bits per heavy atom. The maximum atomic E-state index is 14.7. The van der Waals surface area contributed by atoms with Gasteiger partial charge in [-0.05, 0) is 30.7 Å². The Labute approximate surface area is 179 Å². The lowest BCUT2D eigenvalue weighted by Crippen LogP contribution is -2.48. The Bertz CT molecular complexity index is 1100. The predicted molar refractivity (Wildman–Crippen MR) is 103 cm³/mol. The molecule has 0 saturated carbocycles. The first-order valence-electron chi connectivity index (χ1n) is 9.08. The number of ether oxygens (including phenoxy) is 2. The van der Waals surface area contributed by atoms with E-state index in [1.807, 2.05) is 0 Å². The average Bonchev–Trinajstić information content (AvgIpc) is 2.73. The van der Waals surface area contributed by atoms with Gasteiger partial charge in [0.25, 0.3) is 6.02 Å². The van der Waals surface area contributed by atoms with Gasteiger partial charge in [-0.15, -0.1) is 0 Å². The van der Waals surface area contributed by atoms with Gasteiger partial charge < -0.3 is 15.2 Å². The lowest BCUT2D eigenvalue weighted by atomic mass is 9.85. The number of benzene rings is 1. The normalized spacial score (nSPS) is 21.5. The van der Waals surface area contributed by atoms with Crippen molar-refractivity contribution in [2.45, 2.75) is 24.7 Å². The summed E-state index contributed by atoms with van der Waals surface area (Å²) >= 11 is 0. The molecule has 3 rings (SSSR count). The molecule has 0 radical (unpaired) electrons. The summed E-state index contributed by atoms with van der Waals surface area (Å²) in [6.07, 6.45) is -2.77. The Kier molecular flexibility index (Phi) is 6.40. The molecule has 32 heavy (non-hydrogen) atoms. The summed E-state index contributed by atoms with van der Waals surface area (Å²) in [5.41, 5.74) is 3.74. The zero-order valence-corrected chi connectivity index (χ0v) is 16.5. The van der Waals surface area contributed by atoms with Crippen LogP contribution in [0.3, 0.4) is 0 Å². The zero-order valence-electron chi connectivity index (χ0n) is 16.5. The third kappa shape index (κ3) is 5.17. The molecule has 2 N–H and O–H groups in total. The summed E-state index contributed by atoms with van der Waals surface area (Å²) in [6.45, 7) is -0.645. The van der Waals surface area contributed by atoms with Crippen LogP contribution >= 0.6 is 0 Å². The van der Waals surface area contributed by atoms with Crippen molar-refractivity contribution in [2.24, 2.45) is 10.7 Å². The molecular weight excluding hydrogens is 437 g/mol. The maximum Gasteiger partial charge on any atom is 0.411 e. The molecule has 2 aromatic rings. The van der Waals surface area contributed by atoms with E-state index in [2.05, 4.69) is 15.0 Å². The summed E-state index contributed by atoms with van der Waals surface area (Å²) in [4.78, 5) is 11.5. The summed E-state index contributed by atoms with van der Waals surface area (Å²) in [6, 6.07) is 4.90. The Balaban J connectivity index is 1.98. The topological polar surface area (TPSA) is 106 Å². The van der Waals surface area contributed by atoms with Gasteiger partial charge in [-0.1, -0.05) is 6.07 Å². The molecule has 0 bridgehead atoms. The first-order valence-corrected chi connectivity index (χ1v) is 9.08. The number of hydrogen-bond acceptors (Lipinski definition) is 7. The second-order valence-electron chi connectivity index (χ2n) is 6.95. The van der Waals surface area contributed by atoms with E-state index in [9.17, 15) is 22.0 Å². The quantitative estimate of drug-likeness (QED) is 0.695. The summed E-state index contributed by atoms with van der Waals surface area (Å²) in [5.74, 6) is -1.63. The van der Waals surface area contributed by atoms with Gasteiger partial charge in [0.05, 0.1) is 12.4 Å². The number of amidine groups is 1. The number of nitriles is 1. The lowest BCUT2D eigenvalue weighted by molar-refractivity contribution is -0.197. The predicted octanol–water partition coefficient (Wildman–Crippen LogP) is 3.46. The standard InChI is InChI=1S/C20H16F5N5O2/c1-19(17(9-31-18(27)30-19)32-10-20(23,24)25)13-4-11(2-3-14(13)21)5-15(22)16-8-28-12(6-26)7-29-16/h2-5,7-8,17H,9-10H2,1H3,(H2,27,30)/b15-5-/t17-,19-/m1/s1. The van der Waals surface area contributed by atoms with Crippen LogP contribution in [0.25, 0.3) is 11.9 Å². The molecule has 0 spiro atoms. The van der Waals surface area contributed by atoms with E-state index in [-0.39, 0.29) is 28.5 Å². The largest absolute Gasteiger partial charge is 0.463 e. The Morgan fingerprint density at radius 2 is 2.12 bits per heavy atom. The molecule has 0 amide bonds. The first-order chi connectivity index (χ1) is 15.0. The van der Waals surface area contributed by atoms with Gasteiger partial charge in [-0.25, -0.2) is 23.7 Å². The number of nitrogens with two attached hydrogens (primary N) is 1. The highest BCUT2D eigenvalue weighted by Gasteiger charge is 2.44. The van der Waals surface area contributed by atoms with Crippen LogP contribution in [0.1, 0.15) is 29.4 Å². The number of halogens is 5. The lowest BCUT2D eigenvalue weighted by Gasteiger charge is -2.38. The van der Waals surface area contributed by atoms with E-state index in [0.717, 1.165) is 24.5 Å². The van der Waals surface area contributed by atoms with Gasteiger partial charge in [-0.3, -0.25) is 0 Å². The fourth-order valence-corrected chi connectivity index (χ4v) is 3.05. The van der Waals surface area contributed by atoms with Gasteiger partial charge in [0.1, 0.15) is 42.4 Å². The molecule has 2 heterocycles. The van der Waals surface area contributed by atoms with E-state index < -0.39 is 42.7 Å². The minimum Gasteiger partial charge on any atom is -0.463 e. The molecule has 168 valence electrons. The molecule has 7 nitrogen and oxygen atoms in total. The SMILES string of the molecule is C[C@]1(c2cc(/C=C(\F)c3cnc(C#N)cn3)ccc2F)N=C(N)OC[C@H]1OCC(F)(F)F. The van der Waals surface area contributed by atoms with Gasteiger partial charge in [-0.2, -0.15) is 18.4 Å². The molecule has 2 atom stereocenters. The van der Waals surface area contributed by atoms with Crippen LogP contribution in [-0.4, -0.2) is 41.5 Å². The number of aliphatic imine (C=N–C) groups is 1. The van der Waals surface area contributed by atoms with Gasteiger partial charge >= 0.3 is 6.18 Å². The Hall–Kier alpha value is -3.59. The number of nitrogens with zero attached hydrogens (tertiary/aromatic N) is 4. The van der Waals surface area contributed by atoms with Crippen molar-refractivity contribution in [1.82, 2.24) is 9.97 Å². The van der Waals surface area contributed by atoms with E-state index in [1.54, 1.807) is 6.07 Å². The average molecular weight is 453 g/mol. The van der Waals surface area contributed by atoms with Crippen LogP contribution in [0.5, 0.6) is 0 Å². The van der Waals surface area contributed by atoms with Crippen LogP contribution in [0.4, 0.5) is 22.0 Å². The fourth-order valence-electron chi connectivity index (χ4n) is 3.05. The van der Waals surface area contributed by atoms with E-state index >= 15 is 0 Å². The third-order valence-electron chi connectivity index (χ3n) is 4.64. The van der Waals surface area contributed by atoms with Crippen LogP contribution < -0.4 is 5.73 Å². The smallest absolute Gasteiger partial charge is 0.411 e. The van der Waals surface area contributed by atoms with E-state index in [0.29, 0.717) is 0 Å². The highest BCUT2D eigenvalue weighted by atomic mass is 19.4. The third-order valence-corrected chi connectivity index (χ3v) is 4.64.